The first-order valence-corrected chi connectivity index (χ1v) is 6.83. The Kier molecular flexibility index (Phi) is 7.41. The Balaban J connectivity index is 1.84. The molecule has 0 aromatic rings. The van der Waals surface area contributed by atoms with Crippen molar-refractivity contribution < 1.29 is 0 Å². The molecule has 90 valence electrons. The lowest BCUT2D eigenvalue weighted by molar-refractivity contribution is 0.331. The molecule has 0 radical (unpaired) electrons. The molecule has 1 aliphatic rings. The lowest BCUT2D eigenvalue weighted by Gasteiger charge is -2.15. The second-order valence-corrected chi connectivity index (χ2v) is 5.11. The molecule has 1 rings (SSSR count). The fourth-order valence-electron chi connectivity index (χ4n) is 2.11. The van der Waals surface area contributed by atoms with E-state index in [0.717, 1.165) is 19.5 Å². The number of nitrogens with zero attached hydrogens (tertiary/aromatic N) is 1. The van der Waals surface area contributed by atoms with Gasteiger partial charge in [-0.25, -0.2) is 0 Å². The van der Waals surface area contributed by atoms with Gasteiger partial charge < -0.3 is 10.2 Å². The van der Waals surface area contributed by atoms with Crippen LogP contribution in [0.4, 0.5) is 0 Å². The zero-order valence-electron chi connectivity index (χ0n) is 9.97. The van der Waals surface area contributed by atoms with Crippen LogP contribution in [0.25, 0.3) is 0 Å². The smallest absolute Gasteiger partial charge is 0.0460 e. The normalized spacial score (nSPS) is 19.6. The van der Waals surface area contributed by atoms with Crippen LogP contribution in [-0.2, 0) is 0 Å². The van der Waals surface area contributed by atoms with Gasteiger partial charge >= 0.3 is 0 Å². The van der Waals surface area contributed by atoms with Gasteiger partial charge in [-0.3, -0.25) is 0 Å². The highest BCUT2D eigenvalue weighted by Crippen LogP contribution is 2.07. The van der Waals surface area contributed by atoms with Crippen LogP contribution in [0.1, 0.15) is 39.0 Å². The van der Waals surface area contributed by atoms with E-state index in [-0.39, 0.29) is 0 Å². The van der Waals surface area contributed by atoms with Crippen LogP contribution in [0.5, 0.6) is 0 Å². The van der Waals surface area contributed by atoms with Crippen LogP contribution in [-0.4, -0.2) is 43.0 Å². The van der Waals surface area contributed by atoms with Crippen molar-refractivity contribution in [3.8, 4) is 0 Å². The number of hydrogen-bond acceptors (Lipinski definition) is 2. The second-order valence-electron chi connectivity index (χ2n) is 4.49. The number of alkyl halides is 1. The van der Waals surface area contributed by atoms with E-state index in [1.807, 2.05) is 0 Å². The van der Waals surface area contributed by atoms with Crippen molar-refractivity contribution in [1.82, 2.24) is 10.2 Å². The van der Waals surface area contributed by atoms with Crippen LogP contribution in [0.15, 0.2) is 0 Å². The van der Waals surface area contributed by atoms with Crippen LogP contribution >= 0.6 is 11.6 Å². The standard InChI is InChI=1S/C12H25ClN2/c1-2-6-12(13)11-14-7-5-10-15-8-3-4-9-15/h12,14H,2-11H2,1H3. The predicted molar refractivity (Wildman–Crippen MR) is 67.7 cm³/mol. The van der Waals surface area contributed by atoms with E-state index in [0.29, 0.717) is 5.38 Å². The van der Waals surface area contributed by atoms with E-state index in [1.165, 1.54) is 45.3 Å². The van der Waals surface area contributed by atoms with Crippen molar-refractivity contribution in [2.45, 2.75) is 44.4 Å². The van der Waals surface area contributed by atoms with Gasteiger partial charge in [-0.15, -0.1) is 11.6 Å². The van der Waals surface area contributed by atoms with Crippen LogP contribution in [0.3, 0.4) is 0 Å². The van der Waals surface area contributed by atoms with Crippen LogP contribution in [0, 0.1) is 0 Å². The minimum atomic E-state index is 0.321. The Labute approximate surface area is 99.4 Å². The average Bonchev–Trinajstić information content (AvgIpc) is 2.70. The summed E-state index contributed by atoms with van der Waals surface area (Å²) in [6.07, 6.45) is 6.36. The van der Waals surface area contributed by atoms with Gasteiger partial charge in [-0.2, -0.15) is 0 Å². The summed E-state index contributed by atoms with van der Waals surface area (Å²) in [5.41, 5.74) is 0. The molecule has 15 heavy (non-hydrogen) atoms. The molecule has 3 heteroatoms. The van der Waals surface area contributed by atoms with E-state index in [9.17, 15) is 0 Å². The molecule has 0 spiro atoms. The molecule has 1 aliphatic heterocycles. The Morgan fingerprint density at radius 1 is 1.33 bits per heavy atom. The Hall–Kier alpha value is 0.210. The van der Waals surface area contributed by atoms with Crippen LogP contribution < -0.4 is 5.32 Å². The van der Waals surface area contributed by atoms with E-state index < -0.39 is 0 Å². The maximum atomic E-state index is 6.11. The van der Waals surface area contributed by atoms with Gasteiger partial charge in [-0.05, 0) is 51.9 Å². The highest BCUT2D eigenvalue weighted by Gasteiger charge is 2.10. The Morgan fingerprint density at radius 3 is 2.73 bits per heavy atom. The fraction of sp³-hybridized carbons (Fsp3) is 1.00. The molecule has 1 saturated heterocycles. The number of hydrogen-bond donors (Lipinski definition) is 1. The molecule has 0 aromatic carbocycles. The molecular formula is C12H25ClN2. The molecule has 0 saturated carbocycles. The summed E-state index contributed by atoms with van der Waals surface area (Å²) >= 11 is 6.11. The fourth-order valence-corrected chi connectivity index (χ4v) is 2.44. The Bertz CT molecular complexity index is 147. The minimum absolute atomic E-state index is 0.321. The lowest BCUT2D eigenvalue weighted by Crippen LogP contribution is -2.28. The van der Waals surface area contributed by atoms with Gasteiger partial charge in [0.05, 0.1) is 0 Å². The van der Waals surface area contributed by atoms with Crippen molar-refractivity contribution in [2.75, 3.05) is 32.7 Å². The van der Waals surface area contributed by atoms with Gasteiger partial charge in [0, 0.05) is 11.9 Å². The second kappa shape index (κ2) is 8.37. The third-order valence-corrected chi connectivity index (χ3v) is 3.37. The summed E-state index contributed by atoms with van der Waals surface area (Å²) < 4.78 is 0. The van der Waals surface area contributed by atoms with E-state index in [1.54, 1.807) is 0 Å². The zero-order chi connectivity index (χ0) is 10.9. The molecule has 0 bridgehead atoms. The van der Waals surface area contributed by atoms with E-state index in [4.69, 9.17) is 11.6 Å². The van der Waals surface area contributed by atoms with Gasteiger partial charge in [-0.1, -0.05) is 13.3 Å². The van der Waals surface area contributed by atoms with Gasteiger partial charge in [0.1, 0.15) is 0 Å². The van der Waals surface area contributed by atoms with Crippen molar-refractivity contribution >= 4 is 11.6 Å². The summed E-state index contributed by atoms with van der Waals surface area (Å²) in [4.78, 5) is 2.56. The van der Waals surface area contributed by atoms with E-state index in [2.05, 4.69) is 17.1 Å². The molecular weight excluding hydrogens is 208 g/mol. The monoisotopic (exact) mass is 232 g/mol. The summed E-state index contributed by atoms with van der Waals surface area (Å²) in [5.74, 6) is 0. The first kappa shape index (κ1) is 13.3. The maximum Gasteiger partial charge on any atom is 0.0460 e. The molecule has 2 nitrogen and oxygen atoms in total. The summed E-state index contributed by atoms with van der Waals surface area (Å²) in [6, 6.07) is 0. The SMILES string of the molecule is CCCC(Cl)CNCCCN1CCCC1. The highest BCUT2D eigenvalue weighted by molar-refractivity contribution is 6.20. The summed E-state index contributed by atoms with van der Waals surface area (Å²) in [5, 5.41) is 3.76. The molecule has 1 unspecified atom stereocenters. The minimum Gasteiger partial charge on any atom is -0.315 e. The lowest BCUT2D eigenvalue weighted by atomic mass is 10.2. The first-order valence-electron chi connectivity index (χ1n) is 6.40. The van der Waals surface area contributed by atoms with Crippen molar-refractivity contribution in [1.29, 1.82) is 0 Å². The number of rotatable bonds is 8. The quantitative estimate of drug-likeness (QED) is 0.511. The highest BCUT2D eigenvalue weighted by atomic mass is 35.5. The largest absolute Gasteiger partial charge is 0.315 e. The average molecular weight is 233 g/mol. The predicted octanol–water partition coefficient (Wildman–Crippen LogP) is 2.47. The van der Waals surface area contributed by atoms with Crippen molar-refractivity contribution in [3.05, 3.63) is 0 Å². The van der Waals surface area contributed by atoms with Gasteiger partial charge in [0.25, 0.3) is 0 Å². The van der Waals surface area contributed by atoms with Crippen LogP contribution in [0.2, 0.25) is 0 Å². The topological polar surface area (TPSA) is 15.3 Å². The molecule has 0 aliphatic carbocycles. The summed E-state index contributed by atoms with van der Waals surface area (Å²) in [7, 11) is 0. The molecule has 1 fully saturated rings. The summed E-state index contributed by atoms with van der Waals surface area (Å²) in [6.45, 7) is 8.15. The molecule has 1 heterocycles. The Morgan fingerprint density at radius 2 is 2.07 bits per heavy atom. The third kappa shape index (κ3) is 6.39. The van der Waals surface area contributed by atoms with Crippen molar-refractivity contribution in [2.24, 2.45) is 0 Å². The van der Waals surface area contributed by atoms with Gasteiger partial charge in [0.2, 0.25) is 0 Å². The number of nitrogens with one attached hydrogen (secondary N) is 1. The number of likely N-dealkylation sites (tertiary alicyclic amines) is 1. The molecule has 1 atom stereocenters. The zero-order valence-corrected chi connectivity index (χ0v) is 10.7. The maximum absolute atomic E-state index is 6.11. The molecule has 0 aromatic heterocycles. The van der Waals surface area contributed by atoms with Crippen molar-refractivity contribution in [3.63, 3.8) is 0 Å². The third-order valence-electron chi connectivity index (χ3n) is 2.99. The van der Waals surface area contributed by atoms with E-state index >= 15 is 0 Å². The molecule has 1 N–H and O–H groups in total. The number of halogens is 1. The molecule has 0 amide bonds. The first-order chi connectivity index (χ1) is 7.33. The van der Waals surface area contributed by atoms with Gasteiger partial charge in [0.15, 0.2) is 0 Å².